The van der Waals surface area contributed by atoms with E-state index < -0.39 is 17.5 Å². The highest BCUT2D eigenvalue weighted by Gasteiger charge is 2.11. The molecular formula is C14H16F3N3. The minimum atomic E-state index is -1.46. The van der Waals surface area contributed by atoms with Crippen molar-refractivity contribution < 1.29 is 13.2 Å². The number of anilines is 1. The fraction of sp³-hybridized carbons (Fsp3) is 0.357. The number of aryl methyl sites for hydroxylation is 2. The van der Waals surface area contributed by atoms with Crippen LogP contribution in [0.1, 0.15) is 25.2 Å². The lowest BCUT2D eigenvalue weighted by Crippen LogP contribution is -2.08. The van der Waals surface area contributed by atoms with Crippen molar-refractivity contribution in [2.24, 2.45) is 0 Å². The molecule has 0 fully saturated rings. The quantitative estimate of drug-likeness (QED) is 0.851. The Morgan fingerprint density at radius 1 is 1.10 bits per heavy atom. The Kier molecular flexibility index (Phi) is 4.32. The van der Waals surface area contributed by atoms with Crippen LogP contribution in [-0.2, 0) is 19.5 Å². The predicted octanol–water partition coefficient (Wildman–Crippen LogP) is 3.49. The minimum Gasteiger partial charge on any atom is -0.379 e. The van der Waals surface area contributed by atoms with Crippen LogP contribution in [-0.4, -0.2) is 9.78 Å². The number of hydrogen-bond donors (Lipinski definition) is 1. The van der Waals surface area contributed by atoms with Crippen molar-refractivity contribution in [1.29, 1.82) is 0 Å². The standard InChI is InChI=1S/C14H16F3N3/c1-3-9-5-11(20(4-2)19-9)8-18-10-6-12(15)14(17)13(16)7-10/h5-7,18H,3-4,8H2,1-2H3. The van der Waals surface area contributed by atoms with Crippen LogP contribution in [0.15, 0.2) is 18.2 Å². The Morgan fingerprint density at radius 3 is 2.30 bits per heavy atom. The number of benzene rings is 1. The molecule has 0 radical (unpaired) electrons. The molecule has 2 aromatic rings. The highest BCUT2D eigenvalue weighted by atomic mass is 19.2. The van der Waals surface area contributed by atoms with Gasteiger partial charge in [-0.2, -0.15) is 5.10 Å². The van der Waals surface area contributed by atoms with Crippen LogP contribution in [0.3, 0.4) is 0 Å². The number of halogens is 3. The summed E-state index contributed by atoms with van der Waals surface area (Å²) in [6, 6.07) is 3.81. The van der Waals surface area contributed by atoms with Gasteiger partial charge in [-0.3, -0.25) is 4.68 Å². The van der Waals surface area contributed by atoms with Gasteiger partial charge in [-0.05, 0) is 19.4 Å². The summed E-state index contributed by atoms with van der Waals surface area (Å²) in [5, 5.41) is 7.25. The zero-order chi connectivity index (χ0) is 14.7. The first-order valence-corrected chi connectivity index (χ1v) is 6.49. The first-order chi connectivity index (χ1) is 9.55. The third kappa shape index (κ3) is 2.95. The van der Waals surface area contributed by atoms with Crippen LogP contribution in [0.4, 0.5) is 18.9 Å². The first-order valence-electron chi connectivity index (χ1n) is 6.49. The molecular weight excluding hydrogens is 267 g/mol. The van der Waals surface area contributed by atoms with Crippen LogP contribution in [0, 0.1) is 17.5 Å². The van der Waals surface area contributed by atoms with E-state index in [0.717, 1.165) is 29.9 Å². The fourth-order valence-corrected chi connectivity index (χ4v) is 1.95. The smallest absolute Gasteiger partial charge is 0.194 e. The molecule has 0 spiro atoms. The Bertz CT molecular complexity index is 585. The molecule has 0 unspecified atom stereocenters. The van der Waals surface area contributed by atoms with Crippen molar-refractivity contribution in [3.63, 3.8) is 0 Å². The topological polar surface area (TPSA) is 29.9 Å². The summed E-state index contributed by atoms with van der Waals surface area (Å²) in [7, 11) is 0. The largest absolute Gasteiger partial charge is 0.379 e. The lowest BCUT2D eigenvalue weighted by molar-refractivity contribution is 0.447. The molecule has 1 N–H and O–H groups in total. The average Bonchev–Trinajstić information content (AvgIpc) is 2.84. The van der Waals surface area contributed by atoms with Crippen LogP contribution in [0.2, 0.25) is 0 Å². The van der Waals surface area contributed by atoms with Crippen LogP contribution >= 0.6 is 0 Å². The molecule has 108 valence electrons. The zero-order valence-corrected chi connectivity index (χ0v) is 11.4. The van der Waals surface area contributed by atoms with Gasteiger partial charge in [0.2, 0.25) is 0 Å². The van der Waals surface area contributed by atoms with E-state index in [9.17, 15) is 13.2 Å². The van der Waals surface area contributed by atoms with Crippen molar-refractivity contribution in [2.45, 2.75) is 33.4 Å². The van der Waals surface area contributed by atoms with E-state index in [1.165, 1.54) is 0 Å². The van der Waals surface area contributed by atoms with E-state index >= 15 is 0 Å². The summed E-state index contributed by atoms with van der Waals surface area (Å²) in [5.41, 5.74) is 2.07. The second kappa shape index (κ2) is 5.98. The summed E-state index contributed by atoms with van der Waals surface area (Å²) >= 11 is 0. The summed E-state index contributed by atoms with van der Waals surface area (Å²) in [6.07, 6.45) is 0.819. The van der Waals surface area contributed by atoms with E-state index in [0.29, 0.717) is 13.1 Å². The van der Waals surface area contributed by atoms with Gasteiger partial charge in [-0.15, -0.1) is 0 Å². The fourth-order valence-electron chi connectivity index (χ4n) is 1.95. The lowest BCUT2D eigenvalue weighted by Gasteiger charge is -2.08. The van der Waals surface area contributed by atoms with E-state index in [1.807, 2.05) is 24.6 Å². The van der Waals surface area contributed by atoms with Crippen molar-refractivity contribution in [3.8, 4) is 0 Å². The van der Waals surface area contributed by atoms with E-state index in [2.05, 4.69) is 10.4 Å². The maximum absolute atomic E-state index is 13.1. The molecule has 0 aliphatic heterocycles. The third-order valence-electron chi connectivity index (χ3n) is 3.03. The van der Waals surface area contributed by atoms with Crippen molar-refractivity contribution in [2.75, 3.05) is 5.32 Å². The molecule has 0 aliphatic rings. The second-order valence-corrected chi connectivity index (χ2v) is 4.40. The molecule has 0 bridgehead atoms. The van der Waals surface area contributed by atoms with Gasteiger partial charge in [-0.1, -0.05) is 6.92 Å². The molecule has 0 saturated heterocycles. The summed E-state index contributed by atoms with van der Waals surface area (Å²) in [5.74, 6) is -3.86. The van der Waals surface area contributed by atoms with Gasteiger partial charge >= 0.3 is 0 Å². The average molecular weight is 283 g/mol. The molecule has 1 heterocycles. The van der Waals surface area contributed by atoms with E-state index in [-0.39, 0.29) is 5.69 Å². The molecule has 0 amide bonds. The molecule has 20 heavy (non-hydrogen) atoms. The predicted molar refractivity (Wildman–Crippen MR) is 70.9 cm³/mol. The molecule has 1 aromatic carbocycles. The van der Waals surface area contributed by atoms with Crippen molar-refractivity contribution in [3.05, 3.63) is 47.0 Å². The summed E-state index contributed by atoms with van der Waals surface area (Å²) in [6.45, 7) is 5.05. The first kappa shape index (κ1) is 14.4. The highest BCUT2D eigenvalue weighted by molar-refractivity contribution is 5.44. The zero-order valence-electron chi connectivity index (χ0n) is 11.4. The van der Waals surface area contributed by atoms with Gasteiger partial charge in [-0.25, -0.2) is 13.2 Å². The lowest BCUT2D eigenvalue weighted by atomic mass is 10.2. The second-order valence-electron chi connectivity index (χ2n) is 4.40. The van der Waals surface area contributed by atoms with Crippen molar-refractivity contribution in [1.82, 2.24) is 9.78 Å². The maximum Gasteiger partial charge on any atom is 0.194 e. The van der Waals surface area contributed by atoms with Gasteiger partial charge in [0, 0.05) is 24.4 Å². The molecule has 0 saturated carbocycles. The van der Waals surface area contributed by atoms with E-state index in [4.69, 9.17) is 0 Å². The van der Waals surface area contributed by atoms with Gasteiger partial charge in [0.15, 0.2) is 17.5 Å². The number of nitrogens with one attached hydrogen (secondary N) is 1. The van der Waals surface area contributed by atoms with E-state index in [1.54, 1.807) is 0 Å². The SMILES string of the molecule is CCc1cc(CNc2cc(F)c(F)c(F)c2)n(CC)n1. The molecule has 0 atom stereocenters. The molecule has 6 heteroatoms. The normalized spacial score (nSPS) is 10.8. The summed E-state index contributed by atoms with van der Waals surface area (Å²) < 4.78 is 40.9. The van der Waals surface area contributed by atoms with Crippen molar-refractivity contribution >= 4 is 5.69 Å². The Hall–Kier alpha value is -1.98. The number of rotatable bonds is 5. The van der Waals surface area contributed by atoms with Gasteiger partial charge < -0.3 is 5.32 Å². The monoisotopic (exact) mass is 283 g/mol. The molecule has 1 aromatic heterocycles. The summed E-state index contributed by atoms with van der Waals surface area (Å²) in [4.78, 5) is 0. The van der Waals surface area contributed by atoms with Gasteiger partial charge in [0.1, 0.15) is 0 Å². The Labute approximate surface area is 115 Å². The Balaban J connectivity index is 2.14. The van der Waals surface area contributed by atoms with Gasteiger partial charge in [0.25, 0.3) is 0 Å². The molecule has 0 aliphatic carbocycles. The minimum absolute atomic E-state index is 0.198. The van der Waals surface area contributed by atoms with Crippen LogP contribution < -0.4 is 5.32 Å². The molecule has 3 nitrogen and oxygen atoms in total. The maximum atomic E-state index is 13.1. The number of hydrogen-bond acceptors (Lipinski definition) is 2. The highest BCUT2D eigenvalue weighted by Crippen LogP contribution is 2.18. The van der Waals surface area contributed by atoms with Crippen LogP contribution in [0.25, 0.3) is 0 Å². The third-order valence-corrected chi connectivity index (χ3v) is 3.03. The number of aromatic nitrogens is 2. The van der Waals surface area contributed by atoms with Crippen LogP contribution in [0.5, 0.6) is 0 Å². The number of nitrogens with zero attached hydrogens (tertiary/aromatic N) is 2. The Morgan fingerprint density at radius 2 is 1.75 bits per heavy atom. The molecule has 2 rings (SSSR count). The van der Waals surface area contributed by atoms with Gasteiger partial charge in [0.05, 0.1) is 17.9 Å².